The Balaban J connectivity index is 1.38. The molecule has 2 aliphatic heterocycles. The minimum atomic E-state index is -5.09. The minimum Gasteiger partial charge on any atom is -0.496 e. The van der Waals surface area contributed by atoms with E-state index >= 15 is 0 Å². The number of amides is 1. The van der Waals surface area contributed by atoms with E-state index in [4.69, 9.17) is 9.47 Å². The first-order chi connectivity index (χ1) is 21.0. The molecule has 3 fully saturated rings. The summed E-state index contributed by atoms with van der Waals surface area (Å²) in [6, 6.07) is 5.60. The van der Waals surface area contributed by atoms with E-state index in [-0.39, 0.29) is 24.3 Å². The number of ether oxygens (including phenoxy) is 2. The Morgan fingerprint density at radius 1 is 0.956 bits per heavy atom. The minimum absolute atomic E-state index is 0.000143. The molecule has 0 spiro atoms. The lowest BCUT2D eigenvalue weighted by Gasteiger charge is -2.38. The molecule has 15 heteroatoms. The van der Waals surface area contributed by atoms with Gasteiger partial charge >= 0.3 is 18.4 Å². The fourth-order valence-corrected chi connectivity index (χ4v) is 5.63. The van der Waals surface area contributed by atoms with Crippen molar-refractivity contribution in [2.45, 2.75) is 62.6 Å². The van der Waals surface area contributed by atoms with Gasteiger partial charge in [-0.3, -0.25) is 4.90 Å². The number of carbonyl (C=O) groups is 1. The summed E-state index contributed by atoms with van der Waals surface area (Å²) in [4.78, 5) is 24.3. The van der Waals surface area contributed by atoms with Gasteiger partial charge in [-0.25, -0.2) is 23.5 Å². The number of alkyl halides is 8. The predicted molar refractivity (Wildman–Crippen MR) is 144 cm³/mol. The molecule has 2 aromatic carbocycles. The second-order valence-electron chi connectivity index (χ2n) is 11.5. The molecule has 3 aromatic rings. The fourth-order valence-electron chi connectivity index (χ4n) is 5.63. The van der Waals surface area contributed by atoms with Crippen molar-refractivity contribution in [1.82, 2.24) is 14.9 Å². The molecule has 3 heterocycles. The van der Waals surface area contributed by atoms with Gasteiger partial charge in [-0.05, 0) is 67.1 Å². The average Bonchev–Trinajstić information content (AvgIpc) is 3.77. The third-order valence-corrected chi connectivity index (χ3v) is 8.20. The summed E-state index contributed by atoms with van der Waals surface area (Å²) in [5.74, 6) is -2.15. The predicted octanol–water partition coefficient (Wildman–Crippen LogP) is 7.60. The van der Waals surface area contributed by atoms with Crippen LogP contribution in [0.3, 0.4) is 0 Å². The van der Waals surface area contributed by atoms with Crippen LogP contribution in [0.15, 0.2) is 42.6 Å². The highest BCUT2D eigenvalue weighted by molar-refractivity contribution is 5.75. The summed E-state index contributed by atoms with van der Waals surface area (Å²) >= 11 is 0. The molecule has 3 aliphatic rings. The number of cyclic esters (lactones) is 1. The molecular formula is C30H26F8N4O3. The molecule has 2 saturated heterocycles. The van der Waals surface area contributed by atoms with Crippen molar-refractivity contribution in [3.8, 4) is 16.9 Å². The van der Waals surface area contributed by atoms with Gasteiger partial charge in [0.05, 0.1) is 49.6 Å². The van der Waals surface area contributed by atoms with Crippen LogP contribution in [0.25, 0.3) is 11.1 Å². The lowest BCUT2D eigenvalue weighted by Crippen LogP contribution is -2.57. The SMILES string of the molecule is COc1ccc(C2CC2)cc1-c1cnc(N2CC(F)(F)C2)nc1CN1C(=O)O[C@H](c2cc(C(F)(F)F)cc(C(F)(F)F)c2)[C@@H]1C. The summed E-state index contributed by atoms with van der Waals surface area (Å²) < 4.78 is 119. The molecule has 1 aliphatic carbocycles. The van der Waals surface area contributed by atoms with Crippen molar-refractivity contribution in [3.63, 3.8) is 0 Å². The lowest BCUT2D eigenvalue weighted by atomic mass is 9.97. The van der Waals surface area contributed by atoms with Gasteiger partial charge in [0.1, 0.15) is 11.9 Å². The van der Waals surface area contributed by atoms with Crippen LogP contribution < -0.4 is 9.64 Å². The smallest absolute Gasteiger partial charge is 0.416 e. The summed E-state index contributed by atoms with van der Waals surface area (Å²) in [6.07, 6.45) is -9.23. The van der Waals surface area contributed by atoms with E-state index in [1.807, 2.05) is 12.1 Å². The van der Waals surface area contributed by atoms with Gasteiger partial charge in [-0.1, -0.05) is 6.07 Å². The highest BCUT2D eigenvalue weighted by Gasteiger charge is 2.46. The topological polar surface area (TPSA) is 67.8 Å². The second kappa shape index (κ2) is 10.7. The third-order valence-electron chi connectivity index (χ3n) is 8.20. The molecule has 0 unspecified atom stereocenters. The molecule has 7 nitrogen and oxygen atoms in total. The van der Waals surface area contributed by atoms with Crippen molar-refractivity contribution >= 4 is 12.0 Å². The van der Waals surface area contributed by atoms with Crippen LogP contribution in [0.1, 0.15) is 59.7 Å². The lowest BCUT2D eigenvalue weighted by molar-refractivity contribution is -0.143. The maximum atomic E-state index is 13.7. The number of halogens is 8. The highest BCUT2D eigenvalue weighted by atomic mass is 19.4. The molecule has 240 valence electrons. The zero-order valence-electron chi connectivity index (χ0n) is 23.8. The standard InChI is InChI=1S/C30H26F8N4O3/c1-15-25(18-7-19(29(33,34)35)10-20(8-18)30(36,37)38)45-27(43)42(15)12-23-22(11-39-26(40-23)41-13-28(31,32)14-41)21-9-17(16-3-4-16)5-6-24(21)44-2/h5-11,15-16,25H,3-4,12-14H2,1-2H3/t15-,25-/m0/s1. The van der Waals surface area contributed by atoms with Crippen molar-refractivity contribution in [2.75, 3.05) is 25.1 Å². The van der Waals surface area contributed by atoms with Crippen LogP contribution >= 0.6 is 0 Å². The van der Waals surface area contributed by atoms with Gasteiger partial charge in [0.25, 0.3) is 5.92 Å². The quantitative estimate of drug-likeness (QED) is 0.247. The van der Waals surface area contributed by atoms with Crippen molar-refractivity contribution in [2.24, 2.45) is 0 Å². The highest BCUT2D eigenvalue weighted by Crippen LogP contribution is 2.45. The van der Waals surface area contributed by atoms with Gasteiger partial charge < -0.3 is 14.4 Å². The number of hydrogen-bond donors (Lipinski definition) is 0. The van der Waals surface area contributed by atoms with E-state index < -0.39 is 66.3 Å². The van der Waals surface area contributed by atoms with Gasteiger partial charge in [-0.15, -0.1) is 0 Å². The first-order valence-corrected chi connectivity index (χ1v) is 14.0. The Morgan fingerprint density at radius 3 is 2.16 bits per heavy atom. The molecule has 0 bridgehead atoms. The Morgan fingerprint density at radius 2 is 1.60 bits per heavy atom. The fraction of sp³-hybridized carbons (Fsp3) is 0.433. The van der Waals surface area contributed by atoms with Gasteiger partial charge in [-0.2, -0.15) is 26.3 Å². The molecule has 1 aromatic heterocycles. The Hall–Kier alpha value is -4.17. The zero-order chi connectivity index (χ0) is 32.5. The van der Waals surface area contributed by atoms with Crippen molar-refractivity contribution < 1.29 is 49.4 Å². The van der Waals surface area contributed by atoms with E-state index in [0.717, 1.165) is 23.3 Å². The monoisotopic (exact) mass is 642 g/mol. The number of carbonyl (C=O) groups excluding carboxylic acids is 1. The molecule has 45 heavy (non-hydrogen) atoms. The number of methoxy groups -OCH3 is 1. The average molecular weight is 643 g/mol. The maximum absolute atomic E-state index is 13.7. The molecular weight excluding hydrogens is 616 g/mol. The van der Waals surface area contributed by atoms with Crippen LogP contribution in [-0.4, -0.2) is 53.1 Å². The molecule has 1 saturated carbocycles. The largest absolute Gasteiger partial charge is 0.496 e. The third kappa shape index (κ3) is 6.08. The van der Waals surface area contributed by atoms with Crippen LogP contribution in [0.2, 0.25) is 0 Å². The second-order valence-corrected chi connectivity index (χ2v) is 11.5. The maximum Gasteiger partial charge on any atom is 0.416 e. The zero-order valence-corrected chi connectivity index (χ0v) is 23.8. The Kier molecular flexibility index (Phi) is 7.35. The van der Waals surface area contributed by atoms with Crippen molar-refractivity contribution in [1.29, 1.82) is 0 Å². The number of hydrogen-bond acceptors (Lipinski definition) is 6. The normalized spacial score (nSPS) is 21.5. The molecule has 0 N–H and O–H groups in total. The first kappa shape index (κ1) is 30.8. The van der Waals surface area contributed by atoms with Gasteiger partial charge in [0.2, 0.25) is 5.95 Å². The van der Waals surface area contributed by atoms with Gasteiger partial charge in [0.15, 0.2) is 0 Å². The first-order valence-electron chi connectivity index (χ1n) is 14.0. The molecule has 6 rings (SSSR count). The molecule has 1 amide bonds. The summed E-state index contributed by atoms with van der Waals surface area (Å²) in [5, 5.41) is 0. The summed E-state index contributed by atoms with van der Waals surface area (Å²) in [7, 11) is 1.46. The molecule has 2 atom stereocenters. The number of anilines is 1. The Labute approximate surface area is 251 Å². The van der Waals surface area contributed by atoms with Crippen LogP contribution in [0, 0.1) is 0 Å². The van der Waals surface area contributed by atoms with E-state index in [0.29, 0.717) is 34.9 Å². The summed E-state index contributed by atoms with van der Waals surface area (Å²) in [6.45, 7) is -0.121. The number of rotatable bonds is 7. The van der Waals surface area contributed by atoms with Crippen LogP contribution in [0.4, 0.5) is 45.9 Å². The number of aromatic nitrogens is 2. The van der Waals surface area contributed by atoms with Gasteiger partial charge in [0, 0.05) is 17.3 Å². The van der Waals surface area contributed by atoms with Crippen LogP contribution in [0.5, 0.6) is 5.75 Å². The Bertz CT molecular complexity index is 1600. The van der Waals surface area contributed by atoms with E-state index in [9.17, 15) is 39.9 Å². The number of nitrogens with zero attached hydrogens (tertiary/aromatic N) is 4. The molecule has 0 radical (unpaired) electrons. The van der Waals surface area contributed by atoms with Crippen LogP contribution in [-0.2, 0) is 23.6 Å². The van der Waals surface area contributed by atoms with E-state index in [2.05, 4.69) is 9.97 Å². The van der Waals surface area contributed by atoms with E-state index in [1.54, 1.807) is 6.07 Å². The number of benzene rings is 2. The summed E-state index contributed by atoms with van der Waals surface area (Å²) in [5.41, 5.74) is -1.34. The van der Waals surface area contributed by atoms with E-state index in [1.165, 1.54) is 25.1 Å². The van der Waals surface area contributed by atoms with Crippen molar-refractivity contribution in [3.05, 3.63) is 70.5 Å².